The largest absolute Gasteiger partial charge is 0.495 e. The summed E-state index contributed by atoms with van der Waals surface area (Å²) in [5.41, 5.74) is 3.31. The van der Waals surface area contributed by atoms with Crippen LogP contribution in [0.3, 0.4) is 0 Å². The molecule has 4 aromatic rings. The topological polar surface area (TPSA) is 110 Å². The molecule has 174 valence electrons. The lowest BCUT2D eigenvalue weighted by atomic mass is 10.0. The number of methoxy groups -OCH3 is 1. The lowest BCUT2D eigenvalue weighted by Gasteiger charge is -2.15. The van der Waals surface area contributed by atoms with Crippen LogP contribution in [0.25, 0.3) is 29.0 Å². The first kappa shape index (κ1) is 23.3. The van der Waals surface area contributed by atoms with Gasteiger partial charge in [-0.3, -0.25) is 19.1 Å². The predicted molar refractivity (Wildman–Crippen MR) is 136 cm³/mol. The molecule has 8 nitrogen and oxygen atoms in total. The molecule has 0 radical (unpaired) electrons. The van der Waals surface area contributed by atoms with Crippen LogP contribution in [0.1, 0.15) is 11.1 Å². The molecule has 0 aliphatic carbocycles. The van der Waals surface area contributed by atoms with Gasteiger partial charge in [0.1, 0.15) is 5.75 Å². The summed E-state index contributed by atoms with van der Waals surface area (Å²) >= 11 is 1.54. The van der Waals surface area contributed by atoms with Gasteiger partial charge in [-0.25, -0.2) is 13.2 Å². The molecule has 2 aromatic carbocycles. The number of H-pyrrole nitrogens is 1. The minimum Gasteiger partial charge on any atom is -0.495 e. The minimum atomic E-state index is -3.35. The summed E-state index contributed by atoms with van der Waals surface area (Å²) in [7, 11) is -1.77. The van der Waals surface area contributed by atoms with E-state index in [1.807, 2.05) is 35.0 Å². The highest BCUT2D eigenvalue weighted by molar-refractivity contribution is 7.92. The predicted octanol–water partition coefficient (Wildman–Crippen LogP) is 3.80. The zero-order valence-corrected chi connectivity index (χ0v) is 19.9. The van der Waals surface area contributed by atoms with E-state index < -0.39 is 21.3 Å². The maximum atomic E-state index is 12.4. The number of nitrogens with zero attached hydrogens (tertiary/aromatic N) is 1. The third-order valence-corrected chi connectivity index (χ3v) is 6.20. The van der Waals surface area contributed by atoms with Gasteiger partial charge >= 0.3 is 5.69 Å². The van der Waals surface area contributed by atoms with Crippen molar-refractivity contribution < 1.29 is 13.2 Å². The zero-order chi connectivity index (χ0) is 24.3. The maximum absolute atomic E-state index is 12.4. The van der Waals surface area contributed by atoms with E-state index >= 15 is 0 Å². The standard InChI is InChI=1S/C24H21N3O5S2/c1-32-23-17(6-3-16-4-7-19(8-5-16)26-34(2,30)31)13-20(14-21(23)18-10-12-33-15-18)27-11-9-22(28)25-24(27)29/h3-15,26H,1-2H3,(H,25,28,29)/b6-3+. The number of sulfonamides is 1. The average molecular weight is 496 g/mol. The molecule has 0 saturated carbocycles. The monoisotopic (exact) mass is 495 g/mol. The molecule has 0 fully saturated rings. The highest BCUT2D eigenvalue weighted by Crippen LogP contribution is 2.37. The second-order valence-corrected chi connectivity index (χ2v) is 9.97. The van der Waals surface area contributed by atoms with Crippen LogP contribution in [-0.2, 0) is 10.0 Å². The number of thiophene rings is 1. The number of anilines is 1. The van der Waals surface area contributed by atoms with Gasteiger partial charge in [0, 0.05) is 29.1 Å². The fourth-order valence-electron chi connectivity index (χ4n) is 3.44. The van der Waals surface area contributed by atoms with Crippen LogP contribution in [0.5, 0.6) is 5.75 Å². The summed E-state index contributed by atoms with van der Waals surface area (Å²) in [4.78, 5) is 26.2. The van der Waals surface area contributed by atoms with Gasteiger partial charge in [0.05, 0.1) is 19.1 Å². The molecule has 34 heavy (non-hydrogen) atoms. The molecule has 0 aliphatic rings. The van der Waals surface area contributed by atoms with Gasteiger partial charge in [-0.2, -0.15) is 11.3 Å². The van der Waals surface area contributed by atoms with Crippen LogP contribution in [0, 0.1) is 0 Å². The Morgan fingerprint density at radius 1 is 1.06 bits per heavy atom. The molecule has 0 saturated heterocycles. The minimum absolute atomic E-state index is 0.469. The van der Waals surface area contributed by atoms with E-state index in [1.165, 1.54) is 16.8 Å². The lowest BCUT2D eigenvalue weighted by Crippen LogP contribution is -2.27. The van der Waals surface area contributed by atoms with Crippen LogP contribution >= 0.6 is 11.3 Å². The van der Waals surface area contributed by atoms with Gasteiger partial charge in [-0.05, 0) is 52.2 Å². The van der Waals surface area contributed by atoms with E-state index in [-0.39, 0.29) is 0 Å². The summed E-state index contributed by atoms with van der Waals surface area (Å²) in [5.74, 6) is 0.631. The van der Waals surface area contributed by atoms with Crippen molar-refractivity contribution in [3.8, 4) is 22.6 Å². The fourth-order valence-corrected chi connectivity index (χ4v) is 4.66. The Hall–Kier alpha value is -3.89. The number of hydrogen-bond donors (Lipinski definition) is 2. The Morgan fingerprint density at radius 2 is 1.82 bits per heavy atom. The van der Waals surface area contributed by atoms with Crippen molar-refractivity contribution in [2.24, 2.45) is 0 Å². The average Bonchev–Trinajstić information content (AvgIpc) is 3.32. The van der Waals surface area contributed by atoms with Gasteiger partial charge in [-0.1, -0.05) is 24.3 Å². The normalized spacial score (nSPS) is 11.6. The number of ether oxygens (including phenoxy) is 1. The molecule has 0 bridgehead atoms. The van der Waals surface area contributed by atoms with E-state index in [0.717, 1.165) is 28.5 Å². The van der Waals surface area contributed by atoms with E-state index in [0.29, 0.717) is 17.1 Å². The van der Waals surface area contributed by atoms with Crippen LogP contribution in [-0.4, -0.2) is 31.3 Å². The molecule has 4 rings (SSSR count). The van der Waals surface area contributed by atoms with E-state index in [1.54, 1.807) is 48.8 Å². The second kappa shape index (κ2) is 9.54. The molecule has 0 aliphatic heterocycles. The van der Waals surface area contributed by atoms with E-state index in [4.69, 9.17) is 4.74 Å². The zero-order valence-electron chi connectivity index (χ0n) is 18.3. The van der Waals surface area contributed by atoms with Crippen LogP contribution in [0.2, 0.25) is 0 Å². The second-order valence-electron chi connectivity index (χ2n) is 7.44. The summed E-state index contributed by atoms with van der Waals surface area (Å²) in [6.07, 6.45) is 6.24. The van der Waals surface area contributed by atoms with Crippen molar-refractivity contribution in [1.29, 1.82) is 0 Å². The first-order valence-corrected chi connectivity index (χ1v) is 12.9. The van der Waals surface area contributed by atoms with Crippen LogP contribution in [0.4, 0.5) is 5.69 Å². The molecular formula is C24H21N3O5S2. The van der Waals surface area contributed by atoms with Crippen molar-refractivity contribution >= 4 is 39.2 Å². The van der Waals surface area contributed by atoms with Gasteiger partial charge < -0.3 is 4.74 Å². The Labute approximate surface area is 199 Å². The summed E-state index contributed by atoms with van der Waals surface area (Å²) in [5, 5.41) is 3.94. The third kappa shape index (κ3) is 5.36. The third-order valence-electron chi connectivity index (χ3n) is 4.91. The maximum Gasteiger partial charge on any atom is 0.332 e. The first-order chi connectivity index (χ1) is 16.2. The summed E-state index contributed by atoms with van der Waals surface area (Å²) in [6, 6.07) is 13.8. The van der Waals surface area contributed by atoms with E-state index in [9.17, 15) is 18.0 Å². The van der Waals surface area contributed by atoms with Crippen molar-refractivity contribution in [3.63, 3.8) is 0 Å². The molecule has 0 unspecified atom stereocenters. The number of rotatable bonds is 7. The number of nitrogens with one attached hydrogen (secondary N) is 2. The van der Waals surface area contributed by atoms with Crippen LogP contribution < -0.4 is 20.7 Å². The SMILES string of the molecule is COc1c(/C=C/c2ccc(NS(C)(=O)=O)cc2)cc(-n2ccc(=O)[nH]c2=O)cc1-c1ccsc1. The first-order valence-electron chi connectivity index (χ1n) is 10.1. The highest BCUT2D eigenvalue weighted by Gasteiger charge is 2.14. The molecule has 2 aromatic heterocycles. The van der Waals surface area contributed by atoms with Crippen molar-refractivity contribution in [1.82, 2.24) is 9.55 Å². The number of hydrogen-bond acceptors (Lipinski definition) is 6. The lowest BCUT2D eigenvalue weighted by molar-refractivity contribution is 0.415. The Morgan fingerprint density at radius 3 is 2.44 bits per heavy atom. The number of aromatic amines is 1. The smallest absolute Gasteiger partial charge is 0.332 e. The van der Waals surface area contributed by atoms with Crippen molar-refractivity contribution in [3.05, 3.63) is 97.5 Å². The summed E-state index contributed by atoms with van der Waals surface area (Å²) in [6.45, 7) is 0. The molecule has 0 amide bonds. The molecule has 0 spiro atoms. The highest BCUT2D eigenvalue weighted by atomic mass is 32.2. The molecular weight excluding hydrogens is 474 g/mol. The quantitative estimate of drug-likeness (QED) is 0.379. The van der Waals surface area contributed by atoms with Gasteiger partial charge in [0.2, 0.25) is 10.0 Å². The molecule has 2 heterocycles. The summed E-state index contributed by atoms with van der Waals surface area (Å²) < 4.78 is 32.3. The molecule has 2 N–H and O–H groups in total. The van der Waals surface area contributed by atoms with Crippen molar-refractivity contribution in [2.45, 2.75) is 0 Å². The Kier molecular flexibility index (Phi) is 6.53. The fraction of sp³-hybridized carbons (Fsp3) is 0.0833. The van der Waals surface area contributed by atoms with Crippen LogP contribution in [0.15, 0.2) is 75.1 Å². The molecule has 10 heteroatoms. The number of aromatic nitrogens is 2. The number of benzene rings is 2. The van der Waals surface area contributed by atoms with Gasteiger partial charge in [0.15, 0.2) is 0 Å². The molecule has 0 atom stereocenters. The van der Waals surface area contributed by atoms with Gasteiger partial charge in [0.25, 0.3) is 5.56 Å². The van der Waals surface area contributed by atoms with Gasteiger partial charge in [-0.15, -0.1) is 0 Å². The Bertz CT molecular complexity index is 1570. The Balaban J connectivity index is 1.80. The van der Waals surface area contributed by atoms with Crippen molar-refractivity contribution in [2.75, 3.05) is 18.1 Å². The van der Waals surface area contributed by atoms with E-state index in [2.05, 4.69) is 9.71 Å².